The predicted octanol–water partition coefficient (Wildman–Crippen LogP) is 3.40. The molecule has 0 aliphatic carbocycles. The van der Waals surface area contributed by atoms with E-state index in [0.29, 0.717) is 6.04 Å². The zero-order valence-electron chi connectivity index (χ0n) is 10.8. The summed E-state index contributed by atoms with van der Waals surface area (Å²) in [6, 6.07) is 0.454. The number of nitrogens with zero attached hydrogens (tertiary/aromatic N) is 2. The SMILES string of the molecule is C=CCCC(C)Nc1cnn(C(C)(C)C)c1. The van der Waals surface area contributed by atoms with E-state index in [2.05, 4.69) is 50.9 Å². The first-order valence-electron chi connectivity index (χ1n) is 5.86. The van der Waals surface area contributed by atoms with Crippen molar-refractivity contribution in [2.75, 3.05) is 5.32 Å². The molecule has 3 nitrogen and oxygen atoms in total. The molecule has 0 aromatic carbocycles. The molecule has 16 heavy (non-hydrogen) atoms. The van der Waals surface area contributed by atoms with E-state index in [-0.39, 0.29) is 5.54 Å². The van der Waals surface area contributed by atoms with E-state index in [4.69, 9.17) is 0 Å². The van der Waals surface area contributed by atoms with Crippen LogP contribution in [0.15, 0.2) is 25.0 Å². The molecule has 1 rings (SSSR count). The first-order valence-corrected chi connectivity index (χ1v) is 5.86. The maximum atomic E-state index is 4.35. The molecule has 1 aromatic heterocycles. The summed E-state index contributed by atoms with van der Waals surface area (Å²) >= 11 is 0. The van der Waals surface area contributed by atoms with Crippen molar-refractivity contribution in [1.82, 2.24) is 9.78 Å². The molecule has 90 valence electrons. The van der Waals surface area contributed by atoms with Gasteiger partial charge in [-0.3, -0.25) is 4.68 Å². The van der Waals surface area contributed by atoms with Crippen molar-refractivity contribution in [3.63, 3.8) is 0 Å². The molecule has 1 unspecified atom stereocenters. The average Bonchev–Trinajstić information content (AvgIpc) is 2.62. The summed E-state index contributed by atoms with van der Waals surface area (Å²) in [6.07, 6.45) is 8.04. The molecular formula is C13H23N3. The third kappa shape index (κ3) is 3.72. The molecule has 3 heteroatoms. The molecule has 0 bridgehead atoms. The lowest BCUT2D eigenvalue weighted by Gasteiger charge is -2.19. The second kappa shape index (κ2) is 5.19. The highest BCUT2D eigenvalue weighted by Gasteiger charge is 2.14. The van der Waals surface area contributed by atoms with Gasteiger partial charge in [0.2, 0.25) is 0 Å². The van der Waals surface area contributed by atoms with Crippen LogP contribution in [0.25, 0.3) is 0 Å². The molecule has 0 aliphatic rings. The van der Waals surface area contributed by atoms with Crippen LogP contribution in [-0.2, 0) is 5.54 Å². The Kier molecular flexibility index (Phi) is 4.16. The fourth-order valence-corrected chi connectivity index (χ4v) is 1.49. The van der Waals surface area contributed by atoms with Gasteiger partial charge in [-0.25, -0.2) is 0 Å². The maximum Gasteiger partial charge on any atom is 0.0728 e. The number of anilines is 1. The zero-order chi connectivity index (χ0) is 12.2. The van der Waals surface area contributed by atoms with Crippen molar-refractivity contribution in [2.24, 2.45) is 0 Å². The number of hydrogen-bond acceptors (Lipinski definition) is 2. The van der Waals surface area contributed by atoms with Crippen molar-refractivity contribution in [2.45, 2.75) is 52.1 Å². The monoisotopic (exact) mass is 221 g/mol. The normalized spacial score (nSPS) is 13.5. The second-order valence-corrected chi connectivity index (χ2v) is 5.26. The molecule has 0 amide bonds. The Morgan fingerprint density at radius 3 is 2.75 bits per heavy atom. The lowest BCUT2D eigenvalue weighted by molar-refractivity contribution is 0.355. The highest BCUT2D eigenvalue weighted by atomic mass is 15.3. The minimum absolute atomic E-state index is 0.0459. The van der Waals surface area contributed by atoms with Gasteiger partial charge in [-0.1, -0.05) is 6.08 Å². The second-order valence-electron chi connectivity index (χ2n) is 5.26. The van der Waals surface area contributed by atoms with E-state index in [1.54, 1.807) is 0 Å². The van der Waals surface area contributed by atoms with Crippen molar-refractivity contribution in [3.8, 4) is 0 Å². The maximum absolute atomic E-state index is 4.35. The third-order valence-electron chi connectivity index (χ3n) is 2.49. The topological polar surface area (TPSA) is 29.9 Å². The average molecular weight is 221 g/mol. The molecule has 0 aliphatic heterocycles. The lowest BCUT2D eigenvalue weighted by Crippen LogP contribution is -2.22. The highest BCUT2D eigenvalue weighted by molar-refractivity contribution is 5.39. The van der Waals surface area contributed by atoms with Crippen LogP contribution in [0.2, 0.25) is 0 Å². The summed E-state index contributed by atoms with van der Waals surface area (Å²) in [6.45, 7) is 12.3. The van der Waals surface area contributed by atoms with Gasteiger partial charge in [0.25, 0.3) is 0 Å². The zero-order valence-corrected chi connectivity index (χ0v) is 10.8. The van der Waals surface area contributed by atoms with Gasteiger partial charge in [0, 0.05) is 12.2 Å². The van der Waals surface area contributed by atoms with Crippen LogP contribution in [-0.4, -0.2) is 15.8 Å². The number of rotatable bonds is 5. The number of hydrogen-bond donors (Lipinski definition) is 1. The van der Waals surface area contributed by atoms with E-state index < -0.39 is 0 Å². The van der Waals surface area contributed by atoms with Gasteiger partial charge in [0.1, 0.15) is 0 Å². The van der Waals surface area contributed by atoms with E-state index in [9.17, 15) is 0 Å². The molecule has 0 fully saturated rings. The van der Waals surface area contributed by atoms with Crippen LogP contribution in [0.4, 0.5) is 5.69 Å². The smallest absolute Gasteiger partial charge is 0.0728 e. The Hall–Kier alpha value is -1.25. The van der Waals surface area contributed by atoms with Gasteiger partial charge in [0.05, 0.1) is 17.4 Å². The standard InChI is InChI=1S/C13H23N3/c1-6-7-8-11(2)15-12-9-14-16(10-12)13(3,4)5/h6,9-11,15H,1,7-8H2,2-5H3. The van der Waals surface area contributed by atoms with Crippen LogP contribution >= 0.6 is 0 Å². The van der Waals surface area contributed by atoms with Gasteiger partial charge in [-0.2, -0.15) is 5.10 Å². The largest absolute Gasteiger partial charge is 0.380 e. The molecular weight excluding hydrogens is 198 g/mol. The Bertz CT molecular complexity index is 333. The quantitative estimate of drug-likeness (QED) is 0.772. The van der Waals surface area contributed by atoms with Gasteiger partial charge < -0.3 is 5.32 Å². The summed E-state index contributed by atoms with van der Waals surface area (Å²) in [5, 5.41) is 7.79. The van der Waals surface area contributed by atoms with E-state index in [0.717, 1.165) is 18.5 Å². The van der Waals surface area contributed by atoms with Crippen LogP contribution in [0.1, 0.15) is 40.5 Å². The van der Waals surface area contributed by atoms with Gasteiger partial charge in [-0.05, 0) is 40.5 Å². The van der Waals surface area contributed by atoms with Crippen LogP contribution in [0.5, 0.6) is 0 Å². The Morgan fingerprint density at radius 2 is 2.25 bits per heavy atom. The van der Waals surface area contributed by atoms with E-state index in [1.807, 2.05) is 17.0 Å². The fourth-order valence-electron chi connectivity index (χ4n) is 1.49. The van der Waals surface area contributed by atoms with Crippen molar-refractivity contribution < 1.29 is 0 Å². The molecule has 1 N–H and O–H groups in total. The van der Waals surface area contributed by atoms with Crippen molar-refractivity contribution >= 4 is 5.69 Å². The lowest BCUT2D eigenvalue weighted by atomic mass is 10.1. The Morgan fingerprint density at radius 1 is 1.56 bits per heavy atom. The summed E-state index contributed by atoms with van der Waals surface area (Å²) < 4.78 is 1.98. The van der Waals surface area contributed by atoms with E-state index in [1.165, 1.54) is 0 Å². The third-order valence-corrected chi connectivity index (χ3v) is 2.49. The summed E-state index contributed by atoms with van der Waals surface area (Å²) in [5.74, 6) is 0. The molecule has 1 heterocycles. The number of aromatic nitrogens is 2. The van der Waals surface area contributed by atoms with Gasteiger partial charge in [-0.15, -0.1) is 6.58 Å². The fraction of sp³-hybridized carbons (Fsp3) is 0.615. The molecule has 0 saturated carbocycles. The summed E-state index contributed by atoms with van der Waals surface area (Å²) in [7, 11) is 0. The summed E-state index contributed by atoms with van der Waals surface area (Å²) in [5.41, 5.74) is 1.14. The highest BCUT2D eigenvalue weighted by Crippen LogP contribution is 2.16. The van der Waals surface area contributed by atoms with Crippen LogP contribution in [0.3, 0.4) is 0 Å². The molecule has 1 aromatic rings. The van der Waals surface area contributed by atoms with Crippen molar-refractivity contribution in [1.29, 1.82) is 0 Å². The van der Waals surface area contributed by atoms with E-state index >= 15 is 0 Å². The summed E-state index contributed by atoms with van der Waals surface area (Å²) in [4.78, 5) is 0. The minimum Gasteiger partial charge on any atom is -0.380 e. The molecule has 1 atom stereocenters. The Labute approximate surface area is 98.5 Å². The van der Waals surface area contributed by atoms with Crippen LogP contribution in [0, 0.1) is 0 Å². The molecule has 0 radical (unpaired) electrons. The number of allylic oxidation sites excluding steroid dienone is 1. The minimum atomic E-state index is 0.0459. The first kappa shape index (κ1) is 12.8. The van der Waals surface area contributed by atoms with Gasteiger partial charge in [0.15, 0.2) is 0 Å². The molecule has 0 saturated heterocycles. The molecule has 0 spiro atoms. The van der Waals surface area contributed by atoms with Crippen molar-refractivity contribution in [3.05, 3.63) is 25.0 Å². The Balaban J connectivity index is 2.55. The van der Waals surface area contributed by atoms with Gasteiger partial charge >= 0.3 is 0 Å². The number of nitrogens with one attached hydrogen (secondary N) is 1. The first-order chi connectivity index (χ1) is 7.43. The predicted molar refractivity (Wildman–Crippen MR) is 69.7 cm³/mol. The van der Waals surface area contributed by atoms with Crippen LogP contribution < -0.4 is 5.32 Å².